The molecule has 17 heavy (non-hydrogen) atoms. The summed E-state index contributed by atoms with van der Waals surface area (Å²) in [7, 11) is 1.36. The Labute approximate surface area is 103 Å². The van der Waals surface area contributed by atoms with E-state index >= 15 is 0 Å². The first-order valence-corrected chi connectivity index (χ1v) is 6.34. The van der Waals surface area contributed by atoms with Crippen LogP contribution in [0.4, 0.5) is 5.69 Å². The molecule has 0 amide bonds. The molecule has 0 N–H and O–H groups in total. The van der Waals surface area contributed by atoms with Gasteiger partial charge in [0.05, 0.1) is 12.0 Å². The van der Waals surface area contributed by atoms with Crippen LogP contribution in [-0.4, -0.2) is 29.8 Å². The van der Waals surface area contributed by atoms with Crippen molar-refractivity contribution < 1.29 is 14.5 Å². The average Bonchev–Trinajstić information content (AvgIpc) is 2.34. The van der Waals surface area contributed by atoms with Crippen molar-refractivity contribution in [2.75, 3.05) is 19.1 Å². The first-order valence-electron chi connectivity index (χ1n) is 4.94. The van der Waals surface area contributed by atoms with E-state index in [-0.39, 0.29) is 17.2 Å². The van der Waals surface area contributed by atoms with Crippen molar-refractivity contribution in [2.24, 2.45) is 0 Å². The van der Waals surface area contributed by atoms with Gasteiger partial charge in [0.2, 0.25) is 0 Å². The zero-order chi connectivity index (χ0) is 12.8. The summed E-state index contributed by atoms with van der Waals surface area (Å²) in [5.41, 5.74) is 0.175. The molecule has 1 aromatic carbocycles. The maximum atomic E-state index is 11.7. The van der Waals surface area contributed by atoms with Crippen molar-refractivity contribution in [1.82, 2.24) is 0 Å². The fourth-order valence-corrected chi connectivity index (χ4v) is 1.73. The molecule has 0 fully saturated rings. The predicted molar refractivity (Wildman–Crippen MR) is 67.0 cm³/mol. The van der Waals surface area contributed by atoms with Crippen LogP contribution in [0.25, 0.3) is 0 Å². The molecule has 0 aromatic heterocycles. The van der Waals surface area contributed by atoms with Crippen LogP contribution in [-0.2, 0) is 0 Å². The molecule has 0 radical (unpaired) electrons. The Balaban J connectivity index is 2.99. The predicted octanol–water partition coefficient (Wildman–Crippen LogP) is 2.54. The van der Waals surface area contributed by atoms with Gasteiger partial charge in [-0.05, 0) is 18.4 Å². The van der Waals surface area contributed by atoms with Crippen LogP contribution < -0.4 is 4.74 Å². The van der Waals surface area contributed by atoms with Crippen LogP contribution in [0.15, 0.2) is 18.2 Å². The summed E-state index contributed by atoms with van der Waals surface area (Å²) in [6, 6.07) is 4.26. The number of nitro groups is 1. The molecule has 0 aliphatic rings. The summed E-state index contributed by atoms with van der Waals surface area (Å²) in [6.45, 7) is 0. The summed E-state index contributed by atoms with van der Waals surface area (Å²) in [5, 5.41) is 10.8. The maximum absolute atomic E-state index is 11.7. The second-order valence-electron chi connectivity index (χ2n) is 3.31. The van der Waals surface area contributed by atoms with Crippen molar-refractivity contribution in [3.05, 3.63) is 33.9 Å². The number of methoxy groups -OCH3 is 1. The lowest BCUT2D eigenvalue weighted by molar-refractivity contribution is -0.385. The summed E-state index contributed by atoms with van der Waals surface area (Å²) in [6.07, 6.45) is 2.29. The van der Waals surface area contributed by atoms with Crippen LogP contribution in [0, 0.1) is 10.1 Å². The number of benzene rings is 1. The highest BCUT2D eigenvalue weighted by atomic mass is 32.2. The molecular formula is C11H13NO4S. The molecule has 0 aliphatic carbocycles. The monoisotopic (exact) mass is 255 g/mol. The van der Waals surface area contributed by atoms with Gasteiger partial charge in [-0.25, -0.2) is 0 Å². The molecule has 0 unspecified atom stereocenters. The molecule has 6 heteroatoms. The minimum Gasteiger partial charge on any atom is -0.490 e. The lowest BCUT2D eigenvalue weighted by Crippen LogP contribution is -2.02. The minimum atomic E-state index is -0.551. The molecule has 0 bridgehead atoms. The number of rotatable bonds is 6. The van der Waals surface area contributed by atoms with E-state index in [1.54, 1.807) is 17.8 Å². The van der Waals surface area contributed by atoms with Crippen LogP contribution >= 0.6 is 11.8 Å². The zero-order valence-electron chi connectivity index (χ0n) is 9.63. The van der Waals surface area contributed by atoms with Gasteiger partial charge in [0, 0.05) is 23.8 Å². The molecular weight excluding hydrogens is 242 g/mol. The second-order valence-corrected chi connectivity index (χ2v) is 4.30. The number of hydrogen-bond acceptors (Lipinski definition) is 5. The highest BCUT2D eigenvalue weighted by molar-refractivity contribution is 7.98. The van der Waals surface area contributed by atoms with Crippen LogP contribution in [0.5, 0.6) is 5.75 Å². The van der Waals surface area contributed by atoms with Gasteiger partial charge in [-0.15, -0.1) is 0 Å². The van der Waals surface area contributed by atoms with Crippen molar-refractivity contribution >= 4 is 23.2 Å². The SMILES string of the molecule is COc1ccc(C(=O)CCSC)cc1[N+](=O)[O-]. The summed E-state index contributed by atoms with van der Waals surface area (Å²) in [5.74, 6) is 0.778. The molecule has 5 nitrogen and oxygen atoms in total. The van der Waals surface area contributed by atoms with E-state index in [0.29, 0.717) is 17.7 Å². The van der Waals surface area contributed by atoms with E-state index in [1.807, 2.05) is 6.26 Å². The number of nitro benzene ring substituents is 1. The molecule has 0 spiro atoms. The summed E-state index contributed by atoms with van der Waals surface area (Å²) >= 11 is 1.56. The molecule has 0 atom stereocenters. The maximum Gasteiger partial charge on any atom is 0.311 e. The normalized spacial score (nSPS) is 10.0. The Hall–Kier alpha value is -1.56. The van der Waals surface area contributed by atoms with Gasteiger partial charge in [-0.3, -0.25) is 14.9 Å². The Morgan fingerprint density at radius 3 is 2.76 bits per heavy atom. The second kappa shape index (κ2) is 6.24. The topological polar surface area (TPSA) is 69.4 Å². The molecule has 0 aliphatic heterocycles. The average molecular weight is 255 g/mol. The number of Topliss-reactive ketones (excluding diaryl/α,β-unsaturated/α-hetero) is 1. The van der Waals surface area contributed by atoms with Crippen LogP contribution in [0.1, 0.15) is 16.8 Å². The lowest BCUT2D eigenvalue weighted by Gasteiger charge is -2.04. The molecule has 1 aromatic rings. The third-order valence-electron chi connectivity index (χ3n) is 2.23. The van der Waals surface area contributed by atoms with Gasteiger partial charge in [-0.1, -0.05) is 0 Å². The van der Waals surface area contributed by atoms with E-state index in [0.717, 1.165) is 0 Å². The Bertz CT molecular complexity index is 433. The summed E-state index contributed by atoms with van der Waals surface area (Å²) in [4.78, 5) is 21.9. The van der Waals surface area contributed by atoms with Crippen LogP contribution in [0.2, 0.25) is 0 Å². The van der Waals surface area contributed by atoms with E-state index < -0.39 is 4.92 Å². The third-order valence-corrected chi connectivity index (χ3v) is 2.84. The lowest BCUT2D eigenvalue weighted by atomic mass is 10.1. The smallest absolute Gasteiger partial charge is 0.311 e. The summed E-state index contributed by atoms with van der Waals surface area (Å²) < 4.78 is 4.87. The number of carbonyl (C=O) groups is 1. The largest absolute Gasteiger partial charge is 0.490 e. The van der Waals surface area contributed by atoms with E-state index in [1.165, 1.54) is 19.2 Å². The molecule has 0 saturated heterocycles. The third kappa shape index (κ3) is 3.45. The zero-order valence-corrected chi connectivity index (χ0v) is 10.5. The fourth-order valence-electron chi connectivity index (χ4n) is 1.35. The van der Waals surface area contributed by atoms with Gasteiger partial charge in [0.15, 0.2) is 11.5 Å². The number of ether oxygens (including phenoxy) is 1. The van der Waals surface area contributed by atoms with Crippen molar-refractivity contribution in [3.63, 3.8) is 0 Å². The quantitative estimate of drug-likeness (QED) is 0.444. The number of ketones is 1. The molecule has 0 saturated carbocycles. The van der Waals surface area contributed by atoms with Crippen molar-refractivity contribution in [2.45, 2.75) is 6.42 Å². The van der Waals surface area contributed by atoms with Gasteiger partial charge in [0.1, 0.15) is 0 Å². The first kappa shape index (κ1) is 13.5. The van der Waals surface area contributed by atoms with Gasteiger partial charge < -0.3 is 4.74 Å². The number of hydrogen-bond donors (Lipinski definition) is 0. The van der Waals surface area contributed by atoms with Gasteiger partial charge in [-0.2, -0.15) is 11.8 Å². The minimum absolute atomic E-state index is 0.0925. The first-order chi connectivity index (χ1) is 8.10. The number of thioether (sulfide) groups is 1. The van der Waals surface area contributed by atoms with Crippen LogP contribution in [0.3, 0.4) is 0 Å². The standard InChI is InChI=1S/C11H13NO4S/c1-16-11-4-3-8(7-9(11)12(14)15)10(13)5-6-17-2/h3-4,7H,5-6H2,1-2H3. The van der Waals surface area contributed by atoms with Crippen molar-refractivity contribution in [3.8, 4) is 5.75 Å². The highest BCUT2D eigenvalue weighted by Gasteiger charge is 2.17. The van der Waals surface area contributed by atoms with Gasteiger partial charge in [0.25, 0.3) is 0 Å². The molecule has 1 rings (SSSR count). The Morgan fingerprint density at radius 1 is 1.53 bits per heavy atom. The van der Waals surface area contributed by atoms with E-state index in [4.69, 9.17) is 4.74 Å². The number of carbonyl (C=O) groups excluding carboxylic acids is 1. The Kier molecular flexibility index (Phi) is 4.96. The van der Waals surface area contributed by atoms with Gasteiger partial charge >= 0.3 is 5.69 Å². The van der Waals surface area contributed by atoms with E-state index in [9.17, 15) is 14.9 Å². The molecule has 0 heterocycles. The highest BCUT2D eigenvalue weighted by Crippen LogP contribution is 2.28. The fraction of sp³-hybridized carbons (Fsp3) is 0.364. The Morgan fingerprint density at radius 2 is 2.24 bits per heavy atom. The van der Waals surface area contributed by atoms with E-state index in [2.05, 4.69) is 0 Å². The van der Waals surface area contributed by atoms with Crippen molar-refractivity contribution in [1.29, 1.82) is 0 Å². The molecule has 92 valence electrons. The number of nitrogens with zero attached hydrogens (tertiary/aromatic N) is 1.